The van der Waals surface area contributed by atoms with E-state index in [1.807, 2.05) is 36.5 Å². The zero-order valence-corrected chi connectivity index (χ0v) is 11.9. The second-order valence-electron chi connectivity index (χ2n) is 5.02. The van der Waals surface area contributed by atoms with Crippen molar-refractivity contribution in [3.63, 3.8) is 0 Å². The Hall–Kier alpha value is -2.85. The van der Waals surface area contributed by atoms with Gasteiger partial charge in [-0.05, 0) is 42.3 Å². The van der Waals surface area contributed by atoms with Gasteiger partial charge in [0.25, 0.3) is 0 Å². The van der Waals surface area contributed by atoms with Crippen LogP contribution in [0.3, 0.4) is 0 Å². The second kappa shape index (κ2) is 5.64. The minimum absolute atomic E-state index is 0.883. The number of aromatic nitrogens is 1. The molecule has 0 aliphatic heterocycles. The Morgan fingerprint density at radius 1 is 0.810 bits per heavy atom. The van der Waals surface area contributed by atoms with Gasteiger partial charge in [-0.25, -0.2) is 0 Å². The summed E-state index contributed by atoms with van der Waals surface area (Å²) in [6.07, 6.45) is 7.23. The molecule has 1 nitrogen and oxygen atoms in total. The molecule has 1 heteroatoms. The molecule has 21 heavy (non-hydrogen) atoms. The van der Waals surface area contributed by atoms with Gasteiger partial charge in [0.15, 0.2) is 0 Å². The SMILES string of the molecule is C#Cc1ccc(-c2cc(-c3ccc(C)cc3)ccn2)cc1. The van der Waals surface area contributed by atoms with Crippen LogP contribution >= 0.6 is 0 Å². The average Bonchev–Trinajstić information content (AvgIpc) is 2.56. The summed E-state index contributed by atoms with van der Waals surface area (Å²) in [7, 11) is 0. The quantitative estimate of drug-likeness (QED) is 0.614. The molecule has 0 bridgehead atoms. The van der Waals surface area contributed by atoms with Crippen LogP contribution in [-0.4, -0.2) is 4.98 Å². The van der Waals surface area contributed by atoms with Crippen LogP contribution in [-0.2, 0) is 0 Å². The van der Waals surface area contributed by atoms with Crippen molar-refractivity contribution < 1.29 is 0 Å². The van der Waals surface area contributed by atoms with E-state index in [1.165, 1.54) is 16.7 Å². The topological polar surface area (TPSA) is 12.9 Å². The largest absolute Gasteiger partial charge is 0.256 e. The van der Waals surface area contributed by atoms with Gasteiger partial charge in [-0.15, -0.1) is 6.42 Å². The van der Waals surface area contributed by atoms with E-state index < -0.39 is 0 Å². The first-order valence-electron chi connectivity index (χ1n) is 6.86. The van der Waals surface area contributed by atoms with Crippen molar-refractivity contribution in [1.82, 2.24) is 4.98 Å². The lowest BCUT2D eigenvalue weighted by molar-refractivity contribution is 1.32. The highest BCUT2D eigenvalue weighted by molar-refractivity contribution is 5.70. The maximum atomic E-state index is 5.39. The fourth-order valence-electron chi connectivity index (χ4n) is 2.25. The summed E-state index contributed by atoms with van der Waals surface area (Å²) < 4.78 is 0. The lowest BCUT2D eigenvalue weighted by Crippen LogP contribution is -1.86. The van der Waals surface area contributed by atoms with Gasteiger partial charge in [-0.3, -0.25) is 4.98 Å². The van der Waals surface area contributed by atoms with E-state index in [2.05, 4.69) is 48.2 Å². The standard InChI is InChI=1S/C20H15N/c1-3-16-6-10-18(11-7-16)20-14-19(12-13-21-20)17-8-4-15(2)5-9-17/h1,4-14H,2H3. The summed E-state index contributed by atoms with van der Waals surface area (Å²) in [5.74, 6) is 2.63. The maximum absolute atomic E-state index is 5.39. The fraction of sp³-hybridized carbons (Fsp3) is 0.0500. The molecular weight excluding hydrogens is 254 g/mol. The monoisotopic (exact) mass is 269 g/mol. The molecule has 0 aliphatic carbocycles. The third kappa shape index (κ3) is 2.85. The maximum Gasteiger partial charge on any atom is 0.0708 e. The van der Waals surface area contributed by atoms with Crippen LogP contribution in [0.2, 0.25) is 0 Å². The zero-order valence-electron chi connectivity index (χ0n) is 11.9. The van der Waals surface area contributed by atoms with Crippen LogP contribution in [0.15, 0.2) is 66.9 Å². The van der Waals surface area contributed by atoms with Gasteiger partial charge in [0.2, 0.25) is 0 Å². The number of aryl methyl sites for hydroxylation is 1. The zero-order chi connectivity index (χ0) is 14.7. The highest BCUT2D eigenvalue weighted by Crippen LogP contribution is 2.25. The molecule has 0 atom stereocenters. The van der Waals surface area contributed by atoms with Crippen molar-refractivity contribution in [2.24, 2.45) is 0 Å². The molecular formula is C20H15N. The molecule has 1 heterocycles. The molecule has 1 aromatic heterocycles. The number of benzene rings is 2. The first kappa shape index (κ1) is 13.1. The first-order chi connectivity index (χ1) is 10.3. The van der Waals surface area contributed by atoms with Gasteiger partial charge >= 0.3 is 0 Å². The molecule has 0 fully saturated rings. The van der Waals surface area contributed by atoms with Crippen LogP contribution in [0.25, 0.3) is 22.4 Å². The van der Waals surface area contributed by atoms with Crippen LogP contribution in [0.5, 0.6) is 0 Å². The molecule has 3 rings (SSSR count). The van der Waals surface area contributed by atoms with Crippen molar-refractivity contribution in [2.75, 3.05) is 0 Å². The van der Waals surface area contributed by atoms with Gasteiger partial charge in [-0.2, -0.15) is 0 Å². The molecule has 0 saturated carbocycles. The Morgan fingerprint density at radius 3 is 2.14 bits per heavy atom. The van der Waals surface area contributed by atoms with E-state index in [9.17, 15) is 0 Å². The lowest BCUT2D eigenvalue weighted by atomic mass is 10.0. The van der Waals surface area contributed by atoms with Crippen LogP contribution in [0.1, 0.15) is 11.1 Å². The normalized spacial score (nSPS) is 10.1. The molecule has 0 unspecified atom stereocenters. The van der Waals surface area contributed by atoms with Crippen LogP contribution < -0.4 is 0 Å². The molecule has 100 valence electrons. The van der Waals surface area contributed by atoms with E-state index >= 15 is 0 Å². The number of nitrogens with zero attached hydrogens (tertiary/aromatic N) is 1. The van der Waals surface area contributed by atoms with Gasteiger partial charge in [-0.1, -0.05) is 47.9 Å². The molecule has 0 amide bonds. The third-order valence-electron chi connectivity index (χ3n) is 3.49. The van der Waals surface area contributed by atoms with Crippen molar-refractivity contribution in [2.45, 2.75) is 6.92 Å². The van der Waals surface area contributed by atoms with Crippen molar-refractivity contribution in [3.05, 3.63) is 78.0 Å². The molecule has 0 N–H and O–H groups in total. The molecule has 0 spiro atoms. The Balaban J connectivity index is 1.99. The number of hydrogen-bond acceptors (Lipinski definition) is 1. The predicted molar refractivity (Wildman–Crippen MR) is 87.8 cm³/mol. The Kier molecular flexibility index (Phi) is 3.53. The van der Waals surface area contributed by atoms with Gasteiger partial charge in [0.1, 0.15) is 0 Å². The summed E-state index contributed by atoms with van der Waals surface area (Å²) >= 11 is 0. The summed E-state index contributed by atoms with van der Waals surface area (Å²) in [4.78, 5) is 4.46. The minimum Gasteiger partial charge on any atom is -0.256 e. The van der Waals surface area contributed by atoms with E-state index in [1.54, 1.807) is 0 Å². The highest BCUT2D eigenvalue weighted by atomic mass is 14.7. The average molecular weight is 269 g/mol. The number of rotatable bonds is 2. The van der Waals surface area contributed by atoms with Gasteiger partial charge < -0.3 is 0 Å². The molecule has 0 radical (unpaired) electrons. The van der Waals surface area contributed by atoms with Gasteiger partial charge in [0.05, 0.1) is 5.69 Å². The Labute approximate surface area is 125 Å². The Morgan fingerprint density at radius 2 is 1.48 bits per heavy atom. The molecule has 2 aromatic carbocycles. The van der Waals surface area contributed by atoms with E-state index in [-0.39, 0.29) is 0 Å². The van der Waals surface area contributed by atoms with E-state index in [4.69, 9.17) is 6.42 Å². The second-order valence-corrected chi connectivity index (χ2v) is 5.02. The summed E-state index contributed by atoms with van der Waals surface area (Å²) in [6.45, 7) is 2.09. The van der Waals surface area contributed by atoms with E-state index in [0.717, 1.165) is 16.8 Å². The smallest absolute Gasteiger partial charge is 0.0708 e. The molecule has 0 aliphatic rings. The van der Waals surface area contributed by atoms with Crippen LogP contribution in [0, 0.1) is 19.3 Å². The lowest BCUT2D eigenvalue weighted by Gasteiger charge is -2.06. The molecule has 3 aromatic rings. The van der Waals surface area contributed by atoms with Crippen LogP contribution in [0.4, 0.5) is 0 Å². The number of pyridine rings is 1. The summed E-state index contributed by atoms with van der Waals surface area (Å²) in [5.41, 5.74) is 6.54. The minimum atomic E-state index is 0.883. The predicted octanol–water partition coefficient (Wildman–Crippen LogP) is 4.71. The highest BCUT2D eigenvalue weighted by Gasteiger charge is 2.03. The first-order valence-corrected chi connectivity index (χ1v) is 6.86. The Bertz CT molecular complexity index is 790. The van der Waals surface area contributed by atoms with Crippen molar-refractivity contribution in [1.29, 1.82) is 0 Å². The van der Waals surface area contributed by atoms with Crippen molar-refractivity contribution >= 4 is 0 Å². The third-order valence-corrected chi connectivity index (χ3v) is 3.49. The van der Waals surface area contributed by atoms with Gasteiger partial charge in [0, 0.05) is 17.3 Å². The molecule has 0 saturated heterocycles. The number of terminal acetylenes is 1. The number of hydrogen-bond donors (Lipinski definition) is 0. The summed E-state index contributed by atoms with van der Waals surface area (Å²) in [5, 5.41) is 0. The van der Waals surface area contributed by atoms with E-state index in [0.29, 0.717) is 0 Å². The summed E-state index contributed by atoms with van der Waals surface area (Å²) in [6, 6.07) is 20.6. The van der Waals surface area contributed by atoms with Crippen molar-refractivity contribution in [3.8, 4) is 34.7 Å². The fourth-order valence-corrected chi connectivity index (χ4v) is 2.25.